The molecule has 3 atom stereocenters. The lowest BCUT2D eigenvalue weighted by atomic mass is 10.1. The number of aliphatic hydroxyl groups is 1. The van der Waals surface area contributed by atoms with E-state index in [2.05, 4.69) is 37.9 Å². The van der Waals surface area contributed by atoms with Crippen molar-refractivity contribution in [1.82, 2.24) is 10.2 Å². The van der Waals surface area contributed by atoms with Gasteiger partial charge in [-0.15, -0.1) is 0 Å². The van der Waals surface area contributed by atoms with Crippen LogP contribution in [0.1, 0.15) is 33.6 Å². The van der Waals surface area contributed by atoms with E-state index >= 15 is 0 Å². The highest BCUT2D eigenvalue weighted by Crippen LogP contribution is 2.36. The zero-order valence-corrected chi connectivity index (χ0v) is 19.0. The van der Waals surface area contributed by atoms with Crippen LogP contribution in [0.5, 0.6) is 0 Å². The third-order valence-corrected chi connectivity index (χ3v) is 6.75. The second-order valence-electron chi connectivity index (χ2n) is 7.19. The second-order valence-corrected chi connectivity index (χ2v) is 10.3. The number of carbonyl (C=O) groups is 2. The van der Waals surface area contributed by atoms with Crippen LogP contribution in [0, 0.1) is 11.8 Å². The molecule has 0 aromatic heterocycles. The maximum Gasteiger partial charge on any atom is 0.261 e. The maximum atomic E-state index is 12.0. The molecule has 0 bridgehead atoms. The molecular formula is C19H31N3O5S2. The van der Waals surface area contributed by atoms with Crippen molar-refractivity contribution in [2.75, 3.05) is 26.1 Å². The highest BCUT2D eigenvalue weighted by atomic mass is 33.1. The Morgan fingerprint density at radius 1 is 1.48 bits per heavy atom. The van der Waals surface area contributed by atoms with Crippen molar-refractivity contribution < 1.29 is 24.2 Å². The summed E-state index contributed by atoms with van der Waals surface area (Å²) in [5, 5.41) is 11.8. The van der Waals surface area contributed by atoms with E-state index in [1.165, 1.54) is 18.1 Å². The first-order valence-electron chi connectivity index (χ1n) is 9.29. The summed E-state index contributed by atoms with van der Waals surface area (Å²) in [6.45, 7) is 6.41. The van der Waals surface area contributed by atoms with E-state index in [1.54, 1.807) is 21.6 Å². The summed E-state index contributed by atoms with van der Waals surface area (Å²) in [6.07, 6.45) is 1.51. The summed E-state index contributed by atoms with van der Waals surface area (Å²) in [5.74, 6) is 5.31. The summed E-state index contributed by atoms with van der Waals surface area (Å²) in [7, 11) is 4.81. The molecule has 0 radical (unpaired) electrons. The lowest BCUT2D eigenvalue weighted by Crippen LogP contribution is -2.31. The SMILES string of the molecule is CNC(=O)/C(C#CCN)=C\N(C=O)C1CC(OCSSC(C)(C)C)C(CCO)O1. The molecule has 10 heteroatoms. The molecule has 164 valence electrons. The van der Waals surface area contributed by atoms with Gasteiger partial charge in [0.1, 0.15) is 17.7 Å². The van der Waals surface area contributed by atoms with Crippen molar-refractivity contribution in [3.8, 4) is 11.8 Å². The van der Waals surface area contributed by atoms with E-state index in [-0.39, 0.29) is 35.7 Å². The molecule has 0 aliphatic carbocycles. The first-order chi connectivity index (χ1) is 13.8. The molecule has 0 spiro atoms. The molecule has 8 nitrogen and oxygen atoms in total. The second kappa shape index (κ2) is 13.2. The molecule has 2 amide bonds. The first kappa shape index (κ1) is 25.8. The van der Waals surface area contributed by atoms with Crippen LogP contribution in [0.3, 0.4) is 0 Å². The fraction of sp³-hybridized carbons (Fsp3) is 0.684. The number of nitrogens with two attached hydrogens (primary N) is 1. The minimum atomic E-state index is -0.617. The Labute approximate surface area is 180 Å². The normalized spacial score (nSPS) is 22.0. The van der Waals surface area contributed by atoms with Gasteiger partial charge in [0.25, 0.3) is 5.91 Å². The van der Waals surface area contributed by atoms with Crippen LogP contribution in [0.15, 0.2) is 11.8 Å². The summed E-state index contributed by atoms with van der Waals surface area (Å²) in [6, 6.07) is 0. The van der Waals surface area contributed by atoms with E-state index < -0.39 is 12.1 Å². The number of hydrogen-bond acceptors (Lipinski definition) is 8. The van der Waals surface area contributed by atoms with Crippen LogP contribution in [0.25, 0.3) is 0 Å². The summed E-state index contributed by atoms with van der Waals surface area (Å²) < 4.78 is 12.0. The number of hydrogen-bond donors (Lipinski definition) is 3. The van der Waals surface area contributed by atoms with Crippen LogP contribution in [0.4, 0.5) is 0 Å². The van der Waals surface area contributed by atoms with Gasteiger partial charge in [-0.05, 0) is 6.42 Å². The average Bonchev–Trinajstić information content (AvgIpc) is 3.07. The van der Waals surface area contributed by atoms with Crippen molar-refractivity contribution >= 4 is 33.9 Å². The third kappa shape index (κ3) is 9.42. The Hall–Kier alpha value is -1.22. The van der Waals surface area contributed by atoms with Crippen LogP contribution < -0.4 is 11.1 Å². The highest BCUT2D eigenvalue weighted by molar-refractivity contribution is 8.77. The molecule has 1 aliphatic rings. The Balaban J connectivity index is 2.85. The average molecular weight is 446 g/mol. The number of aliphatic hydroxyl groups excluding tert-OH is 1. The van der Waals surface area contributed by atoms with E-state index in [1.807, 2.05) is 0 Å². The van der Waals surface area contributed by atoms with Crippen molar-refractivity contribution in [2.45, 2.75) is 56.8 Å². The number of ether oxygens (including phenoxy) is 2. The quantitative estimate of drug-likeness (QED) is 0.114. The molecule has 1 aliphatic heterocycles. The van der Waals surface area contributed by atoms with E-state index in [4.69, 9.17) is 15.2 Å². The van der Waals surface area contributed by atoms with Crippen LogP contribution in [0.2, 0.25) is 0 Å². The number of rotatable bonds is 10. The van der Waals surface area contributed by atoms with Gasteiger partial charge in [0, 0.05) is 31.0 Å². The molecule has 0 saturated carbocycles. The molecule has 4 N–H and O–H groups in total. The van der Waals surface area contributed by atoms with Crippen molar-refractivity contribution in [2.24, 2.45) is 5.73 Å². The molecule has 1 rings (SSSR count). The van der Waals surface area contributed by atoms with Gasteiger partial charge in [-0.25, -0.2) is 0 Å². The number of amides is 2. The minimum Gasteiger partial charge on any atom is -0.396 e. The monoisotopic (exact) mass is 445 g/mol. The molecule has 0 aromatic rings. The Bertz CT molecular complexity index is 628. The molecular weight excluding hydrogens is 414 g/mol. The molecule has 29 heavy (non-hydrogen) atoms. The van der Waals surface area contributed by atoms with E-state index in [0.29, 0.717) is 25.2 Å². The predicted molar refractivity (Wildman–Crippen MR) is 117 cm³/mol. The Kier molecular flexibility index (Phi) is 11.7. The molecule has 0 aromatic carbocycles. The summed E-state index contributed by atoms with van der Waals surface area (Å²) >= 11 is 0. The Morgan fingerprint density at radius 2 is 2.21 bits per heavy atom. The van der Waals surface area contributed by atoms with Crippen LogP contribution in [-0.2, 0) is 19.1 Å². The fourth-order valence-corrected chi connectivity index (χ4v) is 4.52. The van der Waals surface area contributed by atoms with Crippen molar-refractivity contribution in [3.63, 3.8) is 0 Å². The molecule has 1 heterocycles. The lowest BCUT2D eigenvalue weighted by molar-refractivity contribution is -0.127. The highest BCUT2D eigenvalue weighted by Gasteiger charge is 2.38. The third-order valence-electron chi connectivity index (χ3n) is 3.76. The summed E-state index contributed by atoms with van der Waals surface area (Å²) in [4.78, 5) is 24.9. The van der Waals surface area contributed by atoms with Gasteiger partial charge in [-0.2, -0.15) is 0 Å². The van der Waals surface area contributed by atoms with E-state index in [0.717, 1.165) is 0 Å². The predicted octanol–water partition coefficient (Wildman–Crippen LogP) is 1.06. The number of likely N-dealkylation sites (N-methyl/N-ethyl adjacent to an activating group) is 1. The van der Waals surface area contributed by atoms with Gasteiger partial charge in [-0.1, -0.05) is 54.2 Å². The summed E-state index contributed by atoms with van der Waals surface area (Å²) in [5.41, 5.74) is 5.48. The van der Waals surface area contributed by atoms with Gasteiger partial charge in [0.15, 0.2) is 0 Å². The molecule has 3 unspecified atom stereocenters. The number of nitrogens with one attached hydrogen (secondary N) is 1. The van der Waals surface area contributed by atoms with Gasteiger partial charge >= 0.3 is 0 Å². The largest absolute Gasteiger partial charge is 0.396 e. The minimum absolute atomic E-state index is 0.0521. The van der Waals surface area contributed by atoms with Crippen LogP contribution >= 0.6 is 21.6 Å². The smallest absolute Gasteiger partial charge is 0.261 e. The molecule has 1 saturated heterocycles. The zero-order valence-electron chi connectivity index (χ0n) is 17.3. The van der Waals surface area contributed by atoms with Crippen molar-refractivity contribution in [3.05, 3.63) is 11.8 Å². The van der Waals surface area contributed by atoms with Crippen LogP contribution in [-0.4, -0.2) is 71.6 Å². The van der Waals surface area contributed by atoms with Gasteiger partial charge in [0.2, 0.25) is 6.41 Å². The zero-order chi connectivity index (χ0) is 21.9. The standard InChI is InChI=1S/C19H31N3O5S2/c1-19(2,3)29-28-13-26-16-10-17(27-15(16)7-9-23)22(12-24)11-14(6-5-8-20)18(25)21-4/h11-12,15-17,23H,7-10,13,20H2,1-4H3,(H,21,25)/b14-11-. The van der Waals surface area contributed by atoms with Gasteiger partial charge < -0.3 is 25.6 Å². The number of carbonyl (C=O) groups excluding carboxylic acids is 2. The lowest BCUT2D eigenvalue weighted by Gasteiger charge is -2.21. The molecule has 1 fully saturated rings. The first-order valence-corrected chi connectivity index (χ1v) is 11.6. The van der Waals surface area contributed by atoms with Gasteiger partial charge in [0.05, 0.1) is 18.8 Å². The van der Waals surface area contributed by atoms with Gasteiger partial charge in [-0.3, -0.25) is 14.5 Å². The van der Waals surface area contributed by atoms with Crippen molar-refractivity contribution in [1.29, 1.82) is 0 Å². The Morgan fingerprint density at radius 3 is 2.76 bits per heavy atom. The topological polar surface area (TPSA) is 114 Å². The fourth-order valence-electron chi connectivity index (χ4n) is 2.52. The number of nitrogens with zero attached hydrogens (tertiary/aromatic N) is 1. The van der Waals surface area contributed by atoms with E-state index in [9.17, 15) is 14.7 Å². The maximum absolute atomic E-state index is 12.0.